The molecule has 0 bridgehead atoms. The number of amides is 1. The van der Waals surface area contributed by atoms with E-state index in [0.29, 0.717) is 45.3 Å². The molecule has 288 valence electrons. The molecule has 2 atom stereocenters. The molecule has 0 radical (unpaired) electrons. The lowest BCUT2D eigenvalue weighted by Crippen LogP contribution is -2.46. The van der Waals surface area contributed by atoms with Gasteiger partial charge in [0, 0.05) is 17.7 Å². The number of ether oxygens (including phenoxy) is 6. The Hall–Kier alpha value is -6.41. The van der Waals surface area contributed by atoms with E-state index in [1.807, 2.05) is 0 Å². The summed E-state index contributed by atoms with van der Waals surface area (Å²) in [6.07, 6.45) is -3.56. The quantitative estimate of drug-likeness (QED) is 0.0622. The lowest BCUT2D eigenvalue weighted by atomic mass is 10.0. The molecule has 0 aliphatic carbocycles. The third-order valence-electron chi connectivity index (χ3n) is 6.89. The molecule has 1 amide bonds. The average molecular weight is 750 g/mol. The minimum atomic E-state index is -1.70. The van der Waals surface area contributed by atoms with Gasteiger partial charge in [-0.1, -0.05) is 0 Å². The molecule has 2 N–H and O–H groups in total. The van der Waals surface area contributed by atoms with Gasteiger partial charge < -0.3 is 48.4 Å². The predicted octanol–water partition coefficient (Wildman–Crippen LogP) is 2.76. The van der Waals surface area contributed by atoms with Crippen LogP contribution in [0.5, 0.6) is 17.2 Å². The van der Waals surface area contributed by atoms with E-state index in [0.717, 1.165) is 0 Å². The van der Waals surface area contributed by atoms with Crippen molar-refractivity contribution < 1.29 is 62.7 Å². The number of alkyl carbamates (subject to hydrolysis) is 1. The van der Waals surface area contributed by atoms with Crippen molar-refractivity contribution >= 4 is 28.9 Å². The minimum absolute atomic E-state index is 0.123. The molecule has 0 saturated carbocycles. The lowest BCUT2D eigenvalue weighted by Gasteiger charge is -2.23. The van der Waals surface area contributed by atoms with Crippen LogP contribution in [0, 0.1) is 34.1 Å². The molecule has 53 heavy (non-hydrogen) atoms. The Balaban J connectivity index is 1.66. The molecule has 1 unspecified atom stereocenters. The third kappa shape index (κ3) is 12.4. The summed E-state index contributed by atoms with van der Waals surface area (Å²) in [5, 5.41) is 21.1. The first-order valence-electron chi connectivity index (χ1n) is 15.7. The van der Waals surface area contributed by atoms with Crippen LogP contribution in [0.2, 0.25) is 0 Å². The number of benzene rings is 2. The maximum Gasteiger partial charge on any atom is 0.408 e. The highest BCUT2D eigenvalue weighted by Crippen LogP contribution is 2.31. The van der Waals surface area contributed by atoms with Gasteiger partial charge in [-0.3, -0.25) is 9.59 Å². The van der Waals surface area contributed by atoms with Crippen molar-refractivity contribution in [1.82, 2.24) is 15.3 Å². The van der Waals surface area contributed by atoms with E-state index >= 15 is 0 Å². The first-order chi connectivity index (χ1) is 24.9. The van der Waals surface area contributed by atoms with E-state index in [1.54, 1.807) is 58.9 Å². The second-order valence-electron chi connectivity index (χ2n) is 12.1. The van der Waals surface area contributed by atoms with Crippen LogP contribution in [0.15, 0.2) is 29.1 Å². The van der Waals surface area contributed by atoms with Gasteiger partial charge in [-0.25, -0.2) is 14.6 Å². The highest BCUT2D eigenvalue weighted by Gasteiger charge is 2.30. The van der Waals surface area contributed by atoms with Crippen LogP contribution < -0.4 is 25.1 Å². The number of carbonyl (C=O) groups excluding carboxylic acids is 3. The number of nitrogens with zero attached hydrogens (tertiary/aromatic N) is 3. The molecule has 0 aliphatic rings. The maximum absolute atomic E-state index is 13.0. The Kier molecular flexibility index (Phi) is 14.1. The summed E-state index contributed by atoms with van der Waals surface area (Å²) in [5.41, 5.74) is 0.908. The predicted molar refractivity (Wildman–Crippen MR) is 180 cm³/mol. The summed E-state index contributed by atoms with van der Waals surface area (Å²) in [5.74, 6) is -0.692. The fraction of sp³-hybridized carbons (Fsp3) is 0.469. The first-order valence-corrected chi connectivity index (χ1v) is 15.7. The van der Waals surface area contributed by atoms with Crippen molar-refractivity contribution in [2.45, 2.75) is 58.8 Å². The Labute approximate surface area is 300 Å². The van der Waals surface area contributed by atoms with E-state index in [1.165, 1.54) is 14.2 Å². The summed E-state index contributed by atoms with van der Waals surface area (Å²) in [6.45, 7) is 5.93. The molecule has 3 rings (SSSR count). The molecule has 0 saturated heterocycles. The van der Waals surface area contributed by atoms with Crippen molar-refractivity contribution in [2.75, 3.05) is 40.6 Å². The zero-order valence-electron chi connectivity index (χ0n) is 29.9. The van der Waals surface area contributed by atoms with E-state index in [9.17, 15) is 39.4 Å². The highest BCUT2D eigenvalue weighted by atomic mass is 17.0. The zero-order chi connectivity index (χ0) is 39.5. The third-order valence-corrected chi connectivity index (χ3v) is 6.89. The van der Waals surface area contributed by atoms with Gasteiger partial charge in [-0.05, 0) is 57.9 Å². The standard InChI is InChI=1S/C32H39N5O16/c1-17-10-19(28-33-22-12-20(46-6)13-24(47-7)26(22)29(39)35-28)11-18(2)27(17)49-9-8-48-25(38)14-23(34-31(41)52-32(3,4)5)30(40)50-15-21(53-37(44)45)16-51-36(42)43/h10-13,21,23H,8-9,14-16H2,1-7H3,(H,34,41)(H,33,35,39)/t21?,23-/m0/s1. The monoisotopic (exact) mass is 749 g/mol. The van der Waals surface area contributed by atoms with Gasteiger partial charge in [-0.15, -0.1) is 20.2 Å². The molecule has 2 aromatic carbocycles. The van der Waals surface area contributed by atoms with Crippen LogP contribution in [-0.2, 0) is 33.5 Å². The van der Waals surface area contributed by atoms with Crippen LogP contribution in [0.1, 0.15) is 38.3 Å². The second-order valence-corrected chi connectivity index (χ2v) is 12.1. The lowest BCUT2D eigenvalue weighted by molar-refractivity contribution is -0.790. The summed E-state index contributed by atoms with van der Waals surface area (Å²) in [4.78, 5) is 87.7. The van der Waals surface area contributed by atoms with Crippen LogP contribution >= 0.6 is 0 Å². The molecular weight excluding hydrogens is 710 g/mol. The number of aromatic amines is 1. The van der Waals surface area contributed by atoms with Crippen LogP contribution in [0.3, 0.4) is 0 Å². The molecule has 0 aliphatic heterocycles. The number of nitrogens with one attached hydrogen (secondary N) is 2. The fourth-order valence-electron chi connectivity index (χ4n) is 4.76. The van der Waals surface area contributed by atoms with E-state index in [2.05, 4.69) is 25.0 Å². The molecule has 1 aromatic heterocycles. The zero-order valence-corrected chi connectivity index (χ0v) is 29.9. The number of H-pyrrole nitrogens is 1. The Morgan fingerprint density at radius 2 is 1.62 bits per heavy atom. The minimum Gasteiger partial charge on any atom is -0.497 e. The second kappa shape index (κ2) is 18.2. The highest BCUT2D eigenvalue weighted by molar-refractivity contribution is 5.87. The van der Waals surface area contributed by atoms with Crippen molar-refractivity contribution in [3.63, 3.8) is 0 Å². The van der Waals surface area contributed by atoms with Crippen molar-refractivity contribution in [3.05, 3.63) is 66.0 Å². The number of hydrogen-bond acceptors (Lipinski definition) is 17. The molecule has 21 nitrogen and oxygen atoms in total. The normalized spacial score (nSPS) is 12.1. The number of rotatable bonds is 18. The molecule has 1 heterocycles. The molecule has 21 heteroatoms. The Morgan fingerprint density at radius 3 is 2.21 bits per heavy atom. The number of carbonyl (C=O) groups is 3. The van der Waals surface area contributed by atoms with Gasteiger partial charge in [0.15, 0.2) is 6.10 Å². The number of hydrogen-bond donors (Lipinski definition) is 2. The largest absolute Gasteiger partial charge is 0.497 e. The molecular formula is C32H39N5O16. The van der Waals surface area contributed by atoms with Crippen molar-refractivity contribution in [2.24, 2.45) is 0 Å². The van der Waals surface area contributed by atoms with Gasteiger partial charge >= 0.3 is 18.0 Å². The van der Waals surface area contributed by atoms with Gasteiger partial charge in [0.05, 0.1) is 26.2 Å². The van der Waals surface area contributed by atoms with Crippen LogP contribution in [-0.4, -0.2) is 96.6 Å². The van der Waals surface area contributed by atoms with E-state index in [-0.39, 0.29) is 18.6 Å². The summed E-state index contributed by atoms with van der Waals surface area (Å²) in [6, 6.07) is 5.01. The summed E-state index contributed by atoms with van der Waals surface area (Å²) < 4.78 is 31.7. The summed E-state index contributed by atoms with van der Waals surface area (Å²) >= 11 is 0. The molecule has 3 aromatic rings. The smallest absolute Gasteiger partial charge is 0.408 e. The van der Waals surface area contributed by atoms with E-state index in [4.69, 9.17) is 28.4 Å². The average Bonchev–Trinajstić information content (AvgIpc) is 3.06. The fourth-order valence-corrected chi connectivity index (χ4v) is 4.76. The number of esters is 2. The Morgan fingerprint density at radius 1 is 0.943 bits per heavy atom. The SMILES string of the molecule is COc1cc(OC)c2c(=O)[nH]c(-c3cc(C)c(OCCOC(=O)C[C@H](NC(=O)OC(C)(C)C)C(=O)OCC(CO[N+](=O)[O-])O[N+](=O)[O-])c(C)c3)nc2c1. The van der Waals surface area contributed by atoms with Crippen LogP contribution in [0.25, 0.3) is 22.3 Å². The van der Waals surface area contributed by atoms with Gasteiger partial charge in [-0.2, -0.15) is 0 Å². The van der Waals surface area contributed by atoms with Crippen molar-refractivity contribution in [1.29, 1.82) is 0 Å². The molecule has 0 fully saturated rings. The summed E-state index contributed by atoms with van der Waals surface area (Å²) in [7, 11) is 2.92. The number of aromatic nitrogens is 2. The topological polar surface area (TPSA) is 269 Å². The van der Waals surface area contributed by atoms with Crippen LogP contribution in [0.4, 0.5) is 4.79 Å². The van der Waals surface area contributed by atoms with Crippen molar-refractivity contribution in [3.8, 4) is 28.6 Å². The number of methoxy groups -OCH3 is 2. The van der Waals surface area contributed by atoms with Gasteiger partial charge in [0.2, 0.25) is 0 Å². The van der Waals surface area contributed by atoms with Gasteiger partial charge in [0.25, 0.3) is 15.7 Å². The van der Waals surface area contributed by atoms with E-state index < -0.39 is 71.1 Å². The van der Waals surface area contributed by atoms with Gasteiger partial charge in [0.1, 0.15) is 66.5 Å². The Bertz CT molecular complexity index is 1870. The first kappa shape index (κ1) is 41.0. The maximum atomic E-state index is 13.0. The number of fused-ring (bicyclic) bond motifs is 1. The molecule has 0 spiro atoms. The number of aryl methyl sites for hydroxylation is 2.